The molecule has 0 aromatic rings. The molecule has 0 aliphatic heterocycles. The maximum absolute atomic E-state index is 11.2. The van der Waals surface area contributed by atoms with E-state index in [1.807, 2.05) is 0 Å². The number of carbonyl (C=O) groups excluding carboxylic acids is 1. The number of carboxylic acid groups (broad SMARTS) is 1. The summed E-state index contributed by atoms with van der Waals surface area (Å²) in [5.74, 6) is -0.684. The van der Waals surface area contributed by atoms with Gasteiger partial charge >= 0.3 is 5.97 Å². The van der Waals surface area contributed by atoms with E-state index in [9.17, 15) is 9.59 Å². The molecule has 0 heterocycles. The van der Waals surface area contributed by atoms with E-state index in [1.54, 1.807) is 12.2 Å². The molecule has 0 fully saturated rings. The maximum Gasteiger partial charge on any atom is 0.327 e. The lowest BCUT2D eigenvalue weighted by Gasteiger charge is -2.15. The molecule has 1 aliphatic rings. The molecule has 0 radical (unpaired) electrons. The van der Waals surface area contributed by atoms with E-state index in [0.29, 0.717) is 18.6 Å². The zero-order valence-electron chi connectivity index (χ0n) is 7.90. The third-order valence-electron chi connectivity index (χ3n) is 2.05. The summed E-state index contributed by atoms with van der Waals surface area (Å²) in [5.41, 5.74) is 0. The van der Waals surface area contributed by atoms with Crippen LogP contribution in [0.15, 0.2) is 24.0 Å². The summed E-state index contributed by atoms with van der Waals surface area (Å²) < 4.78 is 4.87. The SMILES string of the molecule is COC1=CC(C=CC(=O)O)CCC1=O. The molecule has 1 unspecified atom stereocenters. The Morgan fingerprint density at radius 2 is 2.43 bits per heavy atom. The lowest BCUT2D eigenvalue weighted by Crippen LogP contribution is -2.13. The minimum absolute atomic E-state index is 0.0150. The summed E-state index contributed by atoms with van der Waals surface area (Å²) in [6.45, 7) is 0. The van der Waals surface area contributed by atoms with Crippen molar-refractivity contribution in [2.24, 2.45) is 5.92 Å². The lowest BCUT2D eigenvalue weighted by atomic mass is 9.93. The van der Waals surface area contributed by atoms with E-state index in [0.717, 1.165) is 6.08 Å². The number of methoxy groups -OCH3 is 1. The number of aliphatic carboxylic acids is 1. The normalized spacial score (nSPS) is 22.2. The first-order valence-electron chi connectivity index (χ1n) is 4.33. The molecule has 0 amide bonds. The Balaban J connectivity index is 2.70. The number of carboxylic acids is 1. The van der Waals surface area contributed by atoms with Gasteiger partial charge in [-0.05, 0) is 18.4 Å². The fourth-order valence-corrected chi connectivity index (χ4v) is 1.33. The first kappa shape index (κ1) is 10.5. The fourth-order valence-electron chi connectivity index (χ4n) is 1.33. The third kappa shape index (κ3) is 2.73. The summed E-state index contributed by atoms with van der Waals surface area (Å²) in [7, 11) is 1.44. The van der Waals surface area contributed by atoms with E-state index in [1.165, 1.54) is 7.11 Å². The van der Waals surface area contributed by atoms with Gasteiger partial charge < -0.3 is 9.84 Å². The minimum Gasteiger partial charge on any atom is -0.493 e. The van der Waals surface area contributed by atoms with E-state index in [-0.39, 0.29) is 11.7 Å². The molecule has 0 saturated heterocycles. The number of hydrogen-bond acceptors (Lipinski definition) is 3. The molecule has 4 heteroatoms. The number of carbonyl (C=O) groups is 2. The van der Waals surface area contributed by atoms with Gasteiger partial charge in [0.15, 0.2) is 11.5 Å². The van der Waals surface area contributed by atoms with Crippen molar-refractivity contribution >= 4 is 11.8 Å². The van der Waals surface area contributed by atoms with Crippen molar-refractivity contribution in [1.82, 2.24) is 0 Å². The highest BCUT2D eigenvalue weighted by atomic mass is 16.5. The van der Waals surface area contributed by atoms with Gasteiger partial charge in [0.25, 0.3) is 0 Å². The van der Waals surface area contributed by atoms with Crippen molar-refractivity contribution in [3.05, 3.63) is 24.0 Å². The molecule has 1 aliphatic carbocycles. The summed E-state index contributed by atoms with van der Waals surface area (Å²) in [6, 6.07) is 0. The van der Waals surface area contributed by atoms with Crippen LogP contribution in [0.5, 0.6) is 0 Å². The van der Waals surface area contributed by atoms with Crippen LogP contribution in [0.1, 0.15) is 12.8 Å². The zero-order chi connectivity index (χ0) is 10.6. The molecule has 0 bridgehead atoms. The Hall–Kier alpha value is -1.58. The van der Waals surface area contributed by atoms with Crippen LogP contribution in [0.4, 0.5) is 0 Å². The maximum atomic E-state index is 11.2. The number of ketones is 1. The van der Waals surface area contributed by atoms with Gasteiger partial charge in [0, 0.05) is 12.5 Å². The summed E-state index contributed by atoms with van der Waals surface area (Å²) in [6.07, 6.45) is 5.37. The Labute approximate surface area is 81.9 Å². The average Bonchev–Trinajstić information content (AvgIpc) is 2.16. The van der Waals surface area contributed by atoms with Crippen molar-refractivity contribution in [2.45, 2.75) is 12.8 Å². The van der Waals surface area contributed by atoms with Crippen LogP contribution in [-0.2, 0) is 14.3 Å². The van der Waals surface area contributed by atoms with Gasteiger partial charge in [-0.25, -0.2) is 4.79 Å². The van der Waals surface area contributed by atoms with Crippen LogP contribution in [0.3, 0.4) is 0 Å². The number of ether oxygens (including phenoxy) is 1. The summed E-state index contributed by atoms with van der Waals surface area (Å²) >= 11 is 0. The third-order valence-corrected chi connectivity index (χ3v) is 2.05. The smallest absolute Gasteiger partial charge is 0.327 e. The number of allylic oxidation sites excluding steroid dienone is 3. The second kappa shape index (κ2) is 4.60. The molecule has 0 aromatic carbocycles. The molecule has 14 heavy (non-hydrogen) atoms. The predicted octanol–water partition coefficient (Wildman–Crippen LogP) is 1.14. The molecule has 1 N–H and O–H groups in total. The van der Waals surface area contributed by atoms with Crippen LogP contribution >= 0.6 is 0 Å². The second-order valence-corrected chi connectivity index (χ2v) is 3.06. The monoisotopic (exact) mass is 196 g/mol. The Morgan fingerprint density at radius 3 is 3.00 bits per heavy atom. The second-order valence-electron chi connectivity index (χ2n) is 3.06. The van der Waals surface area contributed by atoms with Crippen LogP contribution < -0.4 is 0 Å². The molecule has 1 rings (SSSR count). The van der Waals surface area contributed by atoms with Crippen LogP contribution in [0.2, 0.25) is 0 Å². The minimum atomic E-state index is -0.978. The van der Waals surface area contributed by atoms with Gasteiger partial charge in [-0.1, -0.05) is 6.08 Å². The van der Waals surface area contributed by atoms with Gasteiger partial charge in [-0.3, -0.25) is 4.79 Å². The number of Topliss-reactive ketones (excluding diaryl/α,β-unsaturated/α-hetero) is 1. The Kier molecular flexibility index (Phi) is 3.45. The van der Waals surface area contributed by atoms with Crippen molar-refractivity contribution in [1.29, 1.82) is 0 Å². The van der Waals surface area contributed by atoms with Crippen LogP contribution in [0, 0.1) is 5.92 Å². The quantitative estimate of drug-likeness (QED) is 0.687. The highest BCUT2D eigenvalue weighted by Crippen LogP contribution is 2.21. The van der Waals surface area contributed by atoms with E-state index >= 15 is 0 Å². The molecular weight excluding hydrogens is 184 g/mol. The molecular formula is C10H12O4. The topological polar surface area (TPSA) is 63.6 Å². The predicted molar refractivity (Wildman–Crippen MR) is 49.6 cm³/mol. The molecule has 0 aromatic heterocycles. The molecule has 1 atom stereocenters. The molecule has 4 nitrogen and oxygen atoms in total. The van der Waals surface area contributed by atoms with Gasteiger partial charge in [-0.15, -0.1) is 0 Å². The van der Waals surface area contributed by atoms with Gasteiger partial charge in [0.2, 0.25) is 0 Å². The van der Waals surface area contributed by atoms with E-state index in [2.05, 4.69) is 0 Å². The lowest BCUT2D eigenvalue weighted by molar-refractivity contribution is -0.131. The first-order valence-corrected chi connectivity index (χ1v) is 4.33. The van der Waals surface area contributed by atoms with E-state index in [4.69, 9.17) is 9.84 Å². The van der Waals surface area contributed by atoms with E-state index < -0.39 is 5.97 Å². The van der Waals surface area contributed by atoms with Crippen molar-refractivity contribution < 1.29 is 19.4 Å². The number of rotatable bonds is 3. The van der Waals surface area contributed by atoms with Crippen molar-refractivity contribution in [3.63, 3.8) is 0 Å². The average molecular weight is 196 g/mol. The number of hydrogen-bond donors (Lipinski definition) is 1. The molecule has 0 spiro atoms. The van der Waals surface area contributed by atoms with Crippen LogP contribution in [-0.4, -0.2) is 24.0 Å². The van der Waals surface area contributed by atoms with Gasteiger partial charge in [-0.2, -0.15) is 0 Å². The van der Waals surface area contributed by atoms with Gasteiger partial charge in [0.1, 0.15) is 0 Å². The van der Waals surface area contributed by atoms with Crippen molar-refractivity contribution in [2.75, 3.05) is 7.11 Å². The Bertz CT molecular complexity index is 301. The standard InChI is InChI=1S/C10H12O4/c1-14-9-6-7(2-4-8(9)11)3-5-10(12)13/h3,5-7H,2,4H2,1H3,(H,12,13). The largest absolute Gasteiger partial charge is 0.493 e. The summed E-state index contributed by atoms with van der Waals surface area (Å²) in [4.78, 5) is 21.4. The first-order chi connectivity index (χ1) is 6.63. The van der Waals surface area contributed by atoms with Crippen molar-refractivity contribution in [3.8, 4) is 0 Å². The fraction of sp³-hybridized carbons (Fsp3) is 0.400. The van der Waals surface area contributed by atoms with Crippen LogP contribution in [0.25, 0.3) is 0 Å². The summed E-state index contributed by atoms with van der Waals surface area (Å²) in [5, 5.41) is 8.41. The molecule has 76 valence electrons. The highest BCUT2D eigenvalue weighted by molar-refractivity contribution is 5.94. The molecule has 0 saturated carbocycles. The Morgan fingerprint density at radius 1 is 1.71 bits per heavy atom. The zero-order valence-corrected chi connectivity index (χ0v) is 7.90. The highest BCUT2D eigenvalue weighted by Gasteiger charge is 2.19. The van der Waals surface area contributed by atoms with Gasteiger partial charge in [0.05, 0.1) is 7.11 Å².